The lowest BCUT2D eigenvalue weighted by Crippen LogP contribution is -1.90. The van der Waals surface area contributed by atoms with Gasteiger partial charge in [0.25, 0.3) is 0 Å². The molecule has 13 heavy (non-hydrogen) atoms. The standard InChI is InChI=1S/C10H10N2O/c1-7-10-8(5-6-11-7)3-4-9(12-10)13-2/h3-6H,1-2H3. The second-order valence-corrected chi connectivity index (χ2v) is 2.82. The summed E-state index contributed by atoms with van der Waals surface area (Å²) in [6.07, 6.45) is 1.78. The predicted octanol–water partition coefficient (Wildman–Crippen LogP) is 1.95. The summed E-state index contributed by atoms with van der Waals surface area (Å²) in [5, 5.41) is 1.09. The lowest BCUT2D eigenvalue weighted by molar-refractivity contribution is 0.399. The van der Waals surface area contributed by atoms with Crippen LogP contribution in [0.2, 0.25) is 0 Å². The van der Waals surface area contributed by atoms with E-state index in [4.69, 9.17) is 4.74 Å². The number of methoxy groups -OCH3 is 1. The van der Waals surface area contributed by atoms with Gasteiger partial charge in [0.15, 0.2) is 0 Å². The Hall–Kier alpha value is -1.64. The molecule has 0 saturated carbocycles. The quantitative estimate of drug-likeness (QED) is 0.662. The van der Waals surface area contributed by atoms with E-state index in [1.54, 1.807) is 13.3 Å². The van der Waals surface area contributed by atoms with Crippen molar-refractivity contribution in [3.63, 3.8) is 0 Å². The van der Waals surface area contributed by atoms with E-state index in [2.05, 4.69) is 9.97 Å². The summed E-state index contributed by atoms with van der Waals surface area (Å²) in [5.74, 6) is 0.628. The summed E-state index contributed by atoms with van der Waals surface area (Å²) in [6.45, 7) is 1.94. The van der Waals surface area contributed by atoms with Crippen LogP contribution in [0.1, 0.15) is 5.69 Å². The smallest absolute Gasteiger partial charge is 0.213 e. The van der Waals surface area contributed by atoms with Crippen LogP contribution < -0.4 is 4.74 Å². The van der Waals surface area contributed by atoms with Crippen LogP contribution >= 0.6 is 0 Å². The minimum atomic E-state index is 0.628. The van der Waals surface area contributed by atoms with Crippen molar-refractivity contribution in [2.24, 2.45) is 0 Å². The Kier molecular flexibility index (Phi) is 1.85. The average molecular weight is 174 g/mol. The summed E-state index contributed by atoms with van der Waals surface area (Å²) in [5.41, 5.74) is 1.83. The fraction of sp³-hybridized carbons (Fsp3) is 0.200. The summed E-state index contributed by atoms with van der Waals surface area (Å²) >= 11 is 0. The maximum Gasteiger partial charge on any atom is 0.213 e. The van der Waals surface area contributed by atoms with E-state index in [9.17, 15) is 0 Å². The average Bonchev–Trinajstić information content (AvgIpc) is 2.18. The summed E-state index contributed by atoms with van der Waals surface area (Å²) in [7, 11) is 1.61. The van der Waals surface area contributed by atoms with Crippen LogP contribution in [-0.4, -0.2) is 17.1 Å². The van der Waals surface area contributed by atoms with E-state index >= 15 is 0 Å². The topological polar surface area (TPSA) is 35.0 Å². The Balaban J connectivity index is 2.74. The molecule has 2 heterocycles. The van der Waals surface area contributed by atoms with Crippen LogP contribution in [0.3, 0.4) is 0 Å². The van der Waals surface area contributed by atoms with Gasteiger partial charge in [-0.05, 0) is 19.1 Å². The number of aromatic nitrogens is 2. The second-order valence-electron chi connectivity index (χ2n) is 2.82. The normalized spacial score (nSPS) is 10.3. The number of pyridine rings is 2. The van der Waals surface area contributed by atoms with Gasteiger partial charge in [0.1, 0.15) is 0 Å². The zero-order valence-electron chi connectivity index (χ0n) is 7.61. The van der Waals surface area contributed by atoms with Crippen LogP contribution in [0, 0.1) is 6.92 Å². The first-order valence-corrected chi connectivity index (χ1v) is 4.07. The molecule has 0 spiro atoms. The van der Waals surface area contributed by atoms with Gasteiger partial charge in [-0.2, -0.15) is 0 Å². The zero-order valence-corrected chi connectivity index (χ0v) is 7.61. The van der Waals surface area contributed by atoms with E-state index in [0.717, 1.165) is 16.6 Å². The highest BCUT2D eigenvalue weighted by molar-refractivity contribution is 5.80. The molecule has 0 N–H and O–H groups in total. The van der Waals surface area contributed by atoms with Gasteiger partial charge in [0.05, 0.1) is 18.3 Å². The molecule has 2 aromatic rings. The number of rotatable bonds is 1. The molecule has 2 aromatic heterocycles. The largest absolute Gasteiger partial charge is 0.481 e. The van der Waals surface area contributed by atoms with Gasteiger partial charge in [0, 0.05) is 17.6 Å². The number of aryl methyl sites for hydroxylation is 1. The highest BCUT2D eigenvalue weighted by atomic mass is 16.5. The third-order valence-electron chi connectivity index (χ3n) is 1.98. The van der Waals surface area contributed by atoms with Gasteiger partial charge in [0.2, 0.25) is 5.88 Å². The highest BCUT2D eigenvalue weighted by Gasteiger charge is 2.00. The van der Waals surface area contributed by atoms with Crippen molar-refractivity contribution in [1.29, 1.82) is 0 Å². The molecule has 3 heteroatoms. The maximum absolute atomic E-state index is 5.04. The lowest BCUT2D eigenvalue weighted by atomic mass is 10.2. The van der Waals surface area contributed by atoms with Crippen molar-refractivity contribution in [3.05, 3.63) is 30.1 Å². The minimum absolute atomic E-state index is 0.628. The number of ether oxygens (including phenoxy) is 1. The fourth-order valence-corrected chi connectivity index (χ4v) is 1.28. The molecule has 0 aromatic carbocycles. The van der Waals surface area contributed by atoms with Crippen molar-refractivity contribution in [2.75, 3.05) is 7.11 Å². The van der Waals surface area contributed by atoms with Crippen LogP contribution in [0.25, 0.3) is 10.9 Å². The van der Waals surface area contributed by atoms with E-state index in [-0.39, 0.29) is 0 Å². The lowest BCUT2D eigenvalue weighted by Gasteiger charge is -2.02. The van der Waals surface area contributed by atoms with Crippen molar-refractivity contribution >= 4 is 10.9 Å². The Labute approximate surface area is 76.4 Å². The van der Waals surface area contributed by atoms with Gasteiger partial charge in [-0.25, -0.2) is 4.98 Å². The van der Waals surface area contributed by atoms with Gasteiger partial charge in [-0.3, -0.25) is 4.98 Å². The number of hydrogen-bond acceptors (Lipinski definition) is 3. The highest BCUT2D eigenvalue weighted by Crippen LogP contribution is 2.17. The molecular formula is C10H10N2O. The van der Waals surface area contributed by atoms with Crippen molar-refractivity contribution in [3.8, 4) is 5.88 Å². The van der Waals surface area contributed by atoms with Crippen LogP contribution in [0.4, 0.5) is 0 Å². The Morgan fingerprint density at radius 2 is 2.08 bits per heavy atom. The molecule has 0 radical (unpaired) electrons. The summed E-state index contributed by atoms with van der Waals surface area (Å²) in [6, 6.07) is 5.77. The summed E-state index contributed by atoms with van der Waals surface area (Å²) in [4.78, 5) is 8.47. The Bertz CT molecular complexity index is 440. The monoisotopic (exact) mass is 174 g/mol. The first kappa shape index (κ1) is 7.98. The number of fused-ring (bicyclic) bond motifs is 1. The molecule has 2 rings (SSSR count). The van der Waals surface area contributed by atoms with Gasteiger partial charge >= 0.3 is 0 Å². The molecule has 0 atom stereocenters. The maximum atomic E-state index is 5.04. The van der Waals surface area contributed by atoms with Crippen molar-refractivity contribution in [1.82, 2.24) is 9.97 Å². The molecular weight excluding hydrogens is 164 g/mol. The Morgan fingerprint density at radius 3 is 2.85 bits per heavy atom. The predicted molar refractivity (Wildman–Crippen MR) is 50.8 cm³/mol. The molecule has 0 aliphatic rings. The van der Waals surface area contributed by atoms with Gasteiger partial charge in [-0.1, -0.05) is 0 Å². The molecule has 0 saturated heterocycles. The van der Waals surface area contributed by atoms with Gasteiger partial charge in [-0.15, -0.1) is 0 Å². The molecule has 0 aliphatic heterocycles. The zero-order chi connectivity index (χ0) is 9.26. The van der Waals surface area contributed by atoms with Crippen molar-refractivity contribution < 1.29 is 4.74 Å². The van der Waals surface area contributed by atoms with Crippen LogP contribution in [0.15, 0.2) is 24.4 Å². The van der Waals surface area contributed by atoms with E-state index in [1.807, 2.05) is 25.1 Å². The first-order chi connectivity index (χ1) is 6.31. The molecule has 0 fully saturated rings. The molecule has 0 aliphatic carbocycles. The third kappa shape index (κ3) is 1.33. The minimum Gasteiger partial charge on any atom is -0.481 e. The van der Waals surface area contributed by atoms with Crippen molar-refractivity contribution in [2.45, 2.75) is 6.92 Å². The molecule has 66 valence electrons. The van der Waals surface area contributed by atoms with E-state index in [0.29, 0.717) is 5.88 Å². The molecule has 0 unspecified atom stereocenters. The second kappa shape index (κ2) is 3.01. The van der Waals surface area contributed by atoms with E-state index < -0.39 is 0 Å². The van der Waals surface area contributed by atoms with Gasteiger partial charge < -0.3 is 4.74 Å². The molecule has 3 nitrogen and oxygen atoms in total. The van der Waals surface area contributed by atoms with Crippen LogP contribution in [-0.2, 0) is 0 Å². The SMILES string of the molecule is COc1ccc2ccnc(C)c2n1. The fourth-order valence-electron chi connectivity index (χ4n) is 1.28. The molecule has 0 amide bonds. The van der Waals surface area contributed by atoms with E-state index in [1.165, 1.54) is 0 Å². The number of nitrogens with zero attached hydrogens (tertiary/aromatic N) is 2. The summed E-state index contributed by atoms with van der Waals surface area (Å²) < 4.78 is 5.04. The molecule has 0 bridgehead atoms. The Morgan fingerprint density at radius 1 is 1.23 bits per heavy atom. The first-order valence-electron chi connectivity index (χ1n) is 4.07. The van der Waals surface area contributed by atoms with Crippen LogP contribution in [0.5, 0.6) is 5.88 Å². The third-order valence-corrected chi connectivity index (χ3v) is 1.98. The number of hydrogen-bond donors (Lipinski definition) is 0.